The summed E-state index contributed by atoms with van der Waals surface area (Å²) in [4.78, 5) is 28.2. The summed E-state index contributed by atoms with van der Waals surface area (Å²) in [5.41, 5.74) is 0.200. The molecule has 0 fully saturated rings. The van der Waals surface area contributed by atoms with E-state index >= 15 is 0 Å². The molecule has 0 aliphatic rings. The first kappa shape index (κ1) is 30.1. The van der Waals surface area contributed by atoms with Crippen molar-refractivity contribution in [1.29, 1.82) is 0 Å². The molecule has 0 heterocycles. The summed E-state index contributed by atoms with van der Waals surface area (Å²) >= 11 is 12.4. The van der Waals surface area contributed by atoms with Crippen LogP contribution in [0.15, 0.2) is 53.4 Å². The number of carbonyl (C=O) groups is 2. The monoisotopic (exact) mass is 555 g/mol. The molecule has 0 unspecified atom stereocenters. The topological polar surface area (TPSA) is 86.8 Å². The molecule has 0 bridgehead atoms. The Morgan fingerprint density at radius 3 is 2.25 bits per heavy atom. The largest absolute Gasteiger partial charge is 0.350 e. The Morgan fingerprint density at radius 1 is 1.06 bits per heavy atom. The number of halogens is 2. The maximum Gasteiger partial charge on any atom is 0.243 e. The highest BCUT2D eigenvalue weighted by atomic mass is 35.5. The zero-order chi connectivity index (χ0) is 27.1. The molecule has 0 saturated heterocycles. The molecular weight excluding hydrogens is 521 g/mol. The second kappa shape index (κ2) is 12.9. The van der Waals surface area contributed by atoms with Crippen molar-refractivity contribution >= 4 is 45.0 Å². The maximum atomic E-state index is 13.4. The zero-order valence-corrected chi connectivity index (χ0v) is 23.8. The van der Waals surface area contributed by atoms with E-state index in [2.05, 4.69) is 5.32 Å². The molecule has 2 amide bonds. The highest BCUT2D eigenvalue weighted by molar-refractivity contribution is 7.89. The molecule has 0 saturated carbocycles. The molecule has 2 aromatic carbocycles. The van der Waals surface area contributed by atoms with Crippen LogP contribution in [0.1, 0.15) is 52.5 Å². The lowest BCUT2D eigenvalue weighted by atomic mass is 10.0. The number of rotatable bonds is 11. The van der Waals surface area contributed by atoms with Gasteiger partial charge >= 0.3 is 0 Å². The third-order valence-corrected chi connectivity index (χ3v) is 8.01. The van der Waals surface area contributed by atoms with Crippen LogP contribution in [0.25, 0.3) is 0 Å². The summed E-state index contributed by atoms with van der Waals surface area (Å²) in [6, 6.07) is 12.5. The second-order valence-electron chi connectivity index (χ2n) is 9.66. The quantitative estimate of drug-likeness (QED) is 0.417. The molecule has 0 spiro atoms. The fourth-order valence-electron chi connectivity index (χ4n) is 3.69. The number of benzene rings is 2. The van der Waals surface area contributed by atoms with E-state index in [0.29, 0.717) is 28.5 Å². The van der Waals surface area contributed by atoms with Gasteiger partial charge in [-0.2, -0.15) is 0 Å². The van der Waals surface area contributed by atoms with Gasteiger partial charge in [-0.25, -0.2) is 12.7 Å². The smallest absolute Gasteiger partial charge is 0.243 e. The summed E-state index contributed by atoms with van der Waals surface area (Å²) in [7, 11) is -2.17. The zero-order valence-electron chi connectivity index (χ0n) is 21.4. The third-order valence-electron chi connectivity index (χ3n) is 5.55. The van der Waals surface area contributed by atoms with Gasteiger partial charge in [0, 0.05) is 42.1 Å². The van der Waals surface area contributed by atoms with Gasteiger partial charge in [-0.15, -0.1) is 0 Å². The Balaban J connectivity index is 2.19. The molecule has 0 radical (unpaired) electrons. The van der Waals surface area contributed by atoms with E-state index in [4.69, 9.17) is 23.2 Å². The highest BCUT2D eigenvalue weighted by Crippen LogP contribution is 2.24. The normalized spacial score (nSPS) is 12.9. The minimum absolute atomic E-state index is 0.0686. The molecular formula is C26H35Cl2N3O4S. The van der Waals surface area contributed by atoms with E-state index in [0.717, 1.165) is 0 Å². The molecule has 198 valence electrons. The lowest BCUT2D eigenvalue weighted by Gasteiger charge is -2.33. The van der Waals surface area contributed by atoms with Crippen LogP contribution in [0.2, 0.25) is 10.0 Å². The van der Waals surface area contributed by atoms with E-state index in [9.17, 15) is 18.0 Å². The van der Waals surface area contributed by atoms with Crippen molar-refractivity contribution in [2.75, 3.05) is 13.6 Å². The average molecular weight is 557 g/mol. The van der Waals surface area contributed by atoms with E-state index in [-0.39, 0.29) is 36.2 Å². The minimum atomic E-state index is -3.66. The van der Waals surface area contributed by atoms with Crippen LogP contribution in [0.4, 0.5) is 0 Å². The van der Waals surface area contributed by atoms with Gasteiger partial charge in [-0.05, 0) is 63.4 Å². The van der Waals surface area contributed by atoms with E-state index in [1.807, 2.05) is 27.7 Å². The van der Waals surface area contributed by atoms with Gasteiger partial charge in [-0.3, -0.25) is 9.59 Å². The molecule has 0 aliphatic heterocycles. The van der Waals surface area contributed by atoms with Gasteiger partial charge in [0.2, 0.25) is 21.8 Å². The van der Waals surface area contributed by atoms with Crippen LogP contribution in [0.3, 0.4) is 0 Å². The Morgan fingerprint density at radius 2 is 1.69 bits per heavy atom. The number of hydrogen-bond acceptors (Lipinski definition) is 4. The van der Waals surface area contributed by atoms with Gasteiger partial charge in [-0.1, -0.05) is 54.4 Å². The van der Waals surface area contributed by atoms with Crippen molar-refractivity contribution < 1.29 is 18.0 Å². The van der Waals surface area contributed by atoms with E-state index in [1.54, 1.807) is 36.4 Å². The first-order valence-electron chi connectivity index (χ1n) is 11.8. The molecule has 0 aromatic heterocycles. The Kier molecular flexibility index (Phi) is 10.8. The predicted molar refractivity (Wildman–Crippen MR) is 144 cm³/mol. The number of carbonyl (C=O) groups excluding carboxylic acids is 2. The van der Waals surface area contributed by atoms with Crippen molar-refractivity contribution in [2.45, 2.75) is 70.0 Å². The average Bonchev–Trinajstić information content (AvgIpc) is 2.79. The van der Waals surface area contributed by atoms with Gasteiger partial charge < -0.3 is 10.2 Å². The van der Waals surface area contributed by atoms with Crippen molar-refractivity contribution in [3.8, 4) is 0 Å². The third kappa shape index (κ3) is 8.47. The van der Waals surface area contributed by atoms with Crippen LogP contribution < -0.4 is 5.32 Å². The first-order valence-corrected chi connectivity index (χ1v) is 14.0. The first-order chi connectivity index (χ1) is 16.8. The van der Waals surface area contributed by atoms with Gasteiger partial charge in [0.1, 0.15) is 6.04 Å². The molecule has 0 aliphatic carbocycles. The summed E-state index contributed by atoms with van der Waals surface area (Å²) in [5, 5.41) is 3.83. The molecule has 2 aromatic rings. The summed E-state index contributed by atoms with van der Waals surface area (Å²) in [6.07, 6.45) is 0.768. The Bertz CT molecular complexity index is 1150. The van der Waals surface area contributed by atoms with Crippen LogP contribution in [-0.4, -0.2) is 54.6 Å². The van der Waals surface area contributed by atoms with Crippen molar-refractivity contribution in [3.05, 3.63) is 64.1 Å². The molecule has 7 nitrogen and oxygen atoms in total. The minimum Gasteiger partial charge on any atom is -0.350 e. The van der Waals surface area contributed by atoms with Gasteiger partial charge in [0.25, 0.3) is 0 Å². The molecule has 2 rings (SSSR count). The van der Waals surface area contributed by atoms with Crippen LogP contribution in [0.5, 0.6) is 0 Å². The number of sulfonamides is 1. The van der Waals surface area contributed by atoms with Crippen LogP contribution in [0, 0.1) is 0 Å². The van der Waals surface area contributed by atoms with Crippen molar-refractivity contribution in [3.63, 3.8) is 0 Å². The summed E-state index contributed by atoms with van der Waals surface area (Å²) < 4.78 is 26.8. The van der Waals surface area contributed by atoms with Crippen LogP contribution in [-0.2, 0) is 26.2 Å². The molecule has 36 heavy (non-hydrogen) atoms. The second-order valence-corrected chi connectivity index (χ2v) is 12.6. The fourth-order valence-corrected chi connectivity index (χ4v) is 5.39. The highest BCUT2D eigenvalue weighted by Gasteiger charge is 2.31. The van der Waals surface area contributed by atoms with Gasteiger partial charge in [0.05, 0.1) is 4.90 Å². The SMILES string of the molecule is CC[C@H](C(=O)NC(C)(C)C)N(Cc1ccc(Cl)cc1Cl)C(=O)CCCN(C)S(=O)(=O)c1ccccc1. The molecule has 1 N–H and O–H groups in total. The number of nitrogens with one attached hydrogen (secondary N) is 1. The summed E-state index contributed by atoms with van der Waals surface area (Å²) in [5.74, 6) is -0.519. The lowest BCUT2D eigenvalue weighted by Crippen LogP contribution is -2.53. The van der Waals surface area contributed by atoms with E-state index in [1.165, 1.54) is 28.4 Å². The van der Waals surface area contributed by atoms with E-state index < -0.39 is 21.6 Å². The predicted octanol–water partition coefficient (Wildman–Crippen LogP) is 5.12. The Labute approximate surface area is 224 Å². The van der Waals surface area contributed by atoms with Crippen molar-refractivity contribution in [2.24, 2.45) is 0 Å². The lowest BCUT2D eigenvalue weighted by molar-refractivity contribution is -0.142. The summed E-state index contributed by atoms with van der Waals surface area (Å²) in [6.45, 7) is 7.76. The maximum absolute atomic E-state index is 13.4. The number of nitrogens with zero attached hydrogens (tertiary/aromatic N) is 2. The molecule has 1 atom stereocenters. The Hall–Kier alpha value is -2.13. The number of amides is 2. The van der Waals surface area contributed by atoms with Crippen molar-refractivity contribution in [1.82, 2.24) is 14.5 Å². The molecule has 10 heteroatoms. The fraction of sp³-hybridized carbons (Fsp3) is 0.462. The standard InChI is InChI=1S/C26H35Cl2N3O4S/c1-6-23(25(33)29-26(2,3)4)31(18-19-14-15-20(27)17-22(19)28)24(32)13-10-16-30(5)36(34,35)21-11-8-7-9-12-21/h7-9,11-12,14-15,17,23H,6,10,13,16,18H2,1-5H3,(H,29,33)/t23-/m1/s1. The van der Waals surface area contributed by atoms with Crippen LogP contribution >= 0.6 is 23.2 Å². The van der Waals surface area contributed by atoms with Gasteiger partial charge in [0.15, 0.2) is 0 Å². The number of hydrogen-bond donors (Lipinski definition) is 1.